The number of likely N-dealkylation sites (tertiary alicyclic amines) is 1. The number of nitrogens with zero attached hydrogens (tertiary/aromatic N) is 1. The van der Waals surface area contributed by atoms with E-state index < -0.39 is 0 Å². The van der Waals surface area contributed by atoms with Crippen LogP contribution in [-0.4, -0.2) is 31.1 Å². The van der Waals surface area contributed by atoms with E-state index >= 15 is 0 Å². The first-order chi connectivity index (χ1) is 9.81. The van der Waals surface area contributed by atoms with E-state index in [9.17, 15) is 0 Å². The van der Waals surface area contributed by atoms with Crippen LogP contribution in [0.2, 0.25) is 0 Å². The second kappa shape index (κ2) is 6.28. The van der Waals surface area contributed by atoms with Crippen molar-refractivity contribution in [3.05, 3.63) is 35.4 Å². The number of hydrogen-bond donors (Lipinski definition) is 1. The van der Waals surface area contributed by atoms with Gasteiger partial charge < -0.3 is 5.32 Å². The van der Waals surface area contributed by atoms with Crippen LogP contribution in [0, 0.1) is 12.8 Å². The third kappa shape index (κ3) is 2.91. The van der Waals surface area contributed by atoms with E-state index in [1.165, 1.54) is 44.2 Å². The summed E-state index contributed by atoms with van der Waals surface area (Å²) in [4.78, 5) is 2.83. The smallest absolute Gasteiger partial charge is 0.0393 e. The SMILES string of the molecule is CNCC1CCCCN(C2CC2)C1c1ccccc1C. The monoisotopic (exact) mass is 272 g/mol. The zero-order chi connectivity index (χ0) is 13.9. The van der Waals surface area contributed by atoms with Gasteiger partial charge in [0.2, 0.25) is 0 Å². The average molecular weight is 272 g/mol. The van der Waals surface area contributed by atoms with E-state index in [-0.39, 0.29) is 0 Å². The number of nitrogens with one attached hydrogen (secondary N) is 1. The zero-order valence-electron chi connectivity index (χ0n) is 12.9. The molecule has 2 unspecified atom stereocenters. The molecule has 0 aromatic heterocycles. The van der Waals surface area contributed by atoms with Crippen LogP contribution in [0.15, 0.2) is 24.3 Å². The Morgan fingerprint density at radius 2 is 1.95 bits per heavy atom. The van der Waals surface area contributed by atoms with Gasteiger partial charge in [-0.15, -0.1) is 0 Å². The number of aryl methyl sites for hydroxylation is 1. The highest BCUT2D eigenvalue weighted by atomic mass is 15.2. The first-order valence-corrected chi connectivity index (χ1v) is 8.27. The fourth-order valence-electron chi connectivity index (χ4n) is 3.91. The molecule has 3 rings (SSSR count). The van der Waals surface area contributed by atoms with Crippen molar-refractivity contribution in [2.75, 3.05) is 20.1 Å². The standard InChI is InChI=1S/C18H28N2/c1-14-7-3-4-9-17(14)18-15(13-19-2)8-5-6-12-20(18)16-10-11-16/h3-4,7,9,15-16,18-19H,5-6,8,10-13H2,1-2H3. The molecule has 0 spiro atoms. The Hall–Kier alpha value is -0.860. The summed E-state index contributed by atoms with van der Waals surface area (Å²) in [5, 5.41) is 3.44. The van der Waals surface area contributed by atoms with Gasteiger partial charge in [0.15, 0.2) is 0 Å². The minimum absolute atomic E-state index is 0.624. The van der Waals surface area contributed by atoms with Gasteiger partial charge in [0.05, 0.1) is 0 Å². The summed E-state index contributed by atoms with van der Waals surface area (Å²) in [5.41, 5.74) is 3.03. The maximum absolute atomic E-state index is 3.44. The van der Waals surface area contributed by atoms with Gasteiger partial charge in [-0.2, -0.15) is 0 Å². The van der Waals surface area contributed by atoms with E-state index in [2.05, 4.69) is 48.5 Å². The summed E-state index contributed by atoms with van der Waals surface area (Å²) in [6.45, 7) is 4.72. The molecule has 2 atom stereocenters. The Morgan fingerprint density at radius 1 is 1.15 bits per heavy atom. The zero-order valence-corrected chi connectivity index (χ0v) is 12.9. The predicted molar refractivity (Wildman–Crippen MR) is 84.9 cm³/mol. The van der Waals surface area contributed by atoms with Crippen molar-refractivity contribution in [3.63, 3.8) is 0 Å². The molecule has 1 aliphatic carbocycles. The predicted octanol–water partition coefficient (Wildman–Crippen LogP) is 3.52. The topological polar surface area (TPSA) is 15.3 Å². The molecule has 2 fully saturated rings. The minimum atomic E-state index is 0.624. The lowest BCUT2D eigenvalue weighted by Gasteiger charge is -2.36. The lowest BCUT2D eigenvalue weighted by Crippen LogP contribution is -2.38. The van der Waals surface area contributed by atoms with E-state index in [0.29, 0.717) is 6.04 Å². The van der Waals surface area contributed by atoms with Crippen LogP contribution in [0.25, 0.3) is 0 Å². The summed E-state index contributed by atoms with van der Waals surface area (Å²) in [6, 6.07) is 10.5. The molecule has 0 amide bonds. The van der Waals surface area contributed by atoms with Gasteiger partial charge in [0, 0.05) is 12.1 Å². The van der Waals surface area contributed by atoms with Gasteiger partial charge in [0.1, 0.15) is 0 Å². The van der Waals surface area contributed by atoms with Gasteiger partial charge in [-0.05, 0) is 69.8 Å². The van der Waals surface area contributed by atoms with Crippen LogP contribution in [0.4, 0.5) is 0 Å². The van der Waals surface area contributed by atoms with Crippen LogP contribution >= 0.6 is 0 Å². The van der Waals surface area contributed by atoms with Crippen molar-refractivity contribution in [2.45, 2.75) is 51.1 Å². The molecule has 20 heavy (non-hydrogen) atoms. The van der Waals surface area contributed by atoms with Crippen molar-refractivity contribution in [1.82, 2.24) is 10.2 Å². The fourth-order valence-corrected chi connectivity index (χ4v) is 3.91. The molecule has 0 bridgehead atoms. The van der Waals surface area contributed by atoms with Crippen LogP contribution in [0.5, 0.6) is 0 Å². The Labute approximate surface area is 123 Å². The molecule has 2 heteroatoms. The Balaban J connectivity index is 1.95. The van der Waals surface area contributed by atoms with E-state index in [1.807, 2.05) is 0 Å². The van der Waals surface area contributed by atoms with Crippen molar-refractivity contribution in [3.8, 4) is 0 Å². The Bertz CT molecular complexity index is 439. The number of hydrogen-bond acceptors (Lipinski definition) is 2. The highest BCUT2D eigenvalue weighted by Crippen LogP contribution is 2.42. The number of rotatable bonds is 4. The van der Waals surface area contributed by atoms with Crippen molar-refractivity contribution < 1.29 is 0 Å². The molecule has 0 radical (unpaired) electrons. The second-order valence-corrected chi connectivity index (χ2v) is 6.58. The van der Waals surface area contributed by atoms with Gasteiger partial charge in [-0.25, -0.2) is 0 Å². The van der Waals surface area contributed by atoms with E-state index in [1.54, 1.807) is 5.56 Å². The molecule has 2 nitrogen and oxygen atoms in total. The van der Waals surface area contributed by atoms with Gasteiger partial charge >= 0.3 is 0 Å². The molecule has 1 heterocycles. The molecule has 1 saturated heterocycles. The first-order valence-electron chi connectivity index (χ1n) is 8.27. The highest BCUT2D eigenvalue weighted by molar-refractivity contribution is 5.30. The highest BCUT2D eigenvalue weighted by Gasteiger charge is 2.39. The summed E-state index contributed by atoms with van der Waals surface area (Å²) in [7, 11) is 2.10. The molecule has 1 N–H and O–H groups in total. The average Bonchev–Trinajstić information content (AvgIpc) is 3.26. The molecule has 1 aromatic rings. The third-order valence-corrected chi connectivity index (χ3v) is 5.03. The van der Waals surface area contributed by atoms with E-state index in [0.717, 1.165) is 18.5 Å². The Kier molecular flexibility index (Phi) is 4.42. The van der Waals surface area contributed by atoms with Crippen LogP contribution in [0.1, 0.15) is 49.3 Å². The van der Waals surface area contributed by atoms with Crippen LogP contribution in [0.3, 0.4) is 0 Å². The summed E-state index contributed by atoms with van der Waals surface area (Å²) in [6.07, 6.45) is 6.95. The first kappa shape index (κ1) is 14.1. The van der Waals surface area contributed by atoms with Crippen LogP contribution < -0.4 is 5.32 Å². The molecule has 1 aromatic carbocycles. The largest absolute Gasteiger partial charge is 0.319 e. The van der Waals surface area contributed by atoms with Gasteiger partial charge in [0.25, 0.3) is 0 Å². The normalized spacial score (nSPS) is 28.3. The number of benzene rings is 1. The van der Waals surface area contributed by atoms with Crippen LogP contribution in [-0.2, 0) is 0 Å². The van der Waals surface area contributed by atoms with Crippen molar-refractivity contribution in [1.29, 1.82) is 0 Å². The molecular weight excluding hydrogens is 244 g/mol. The lowest BCUT2D eigenvalue weighted by atomic mass is 9.87. The molecule has 1 aliphatic heterocycles. The molecule has 2 aliphatic rings. The second-order valence-electron chi connectivity index (χ2n) is 6.58. The summed E-state index contributed by atoms with van der Waals surface area (Å²) < 4.78 is 0. The maximum Gasteiger partial charge on any atom is 0.0393 e. The third-order valence-electron chi connectivity index (χ3n) is 5.03. The van der Waals surface area contributed by atoms with Gasteiger partial charge in [-0.1, -0.05) is 30.7 Å². The molecular formula is C18H28N2. The van der Waals surface area contributed by atoms with Gasteiger partial charge in [-0.3, -0.25) is 4.90 Å². The van der Waals surface area contributed by atoms with E-state index in [4.69, 9.17) is 0 Å². The Morgan fingerprint density at radius 3 is 2.65 bits per heavy atom. The maximum atomic E-state index is 3.44. The van der Waals surface area contributed by atoms with Crippen molar-refractivity contribution >= 4 is 0 Å². The summed E-state index contributed by atoms with van der Waals surface area (Å²) >= 11 is 0. The molecule has 1 saturated carbocycles. The minimum Gasteiger partial charge on any atom is -0.319 e. The fraction of sp³-hybridized carbons (Fsp3) is 0.667. The lowest BCUT2D eigenvalue weighted by molar-refractivity contribution is 0.145. The van der Waals surface area contributed by atoms with Crippen molar-refractivity contribution in [2.24, 2.45) is 5.92 Å². The summed E-state index contributed by atoms with van der Waals surface area (Å²) in [5.74, 6) is 0.754. The molecule has 110 valence electrons. The quantitative estimate of drug-likeness (QED) is 0.902.